The van der Waals surface area contributed by atoms with Crippen LogP contribution in [0, 0.1) is 6.92 Å². The standard InChI is InChI=1S/C23H31NO4S/c1-13(2)17-11-20(14(3)4)22(21(12-17)15(5)6)29(27,28)24-19-9-16(7)8-18(10-19)23(25)26/h8-15,24H,1-7H3,(H,25,26). The summed E-state index contributed by atoms with van der Waals surface area (Å²) in [6.45, 7) is 13.9. The molecule has 0 fully saturated rings. The zero-order valence-electron chi connectivity index (χ0n) is 18.2. The van der Waals surface area contributed by atoms with Crippen LogP contribution in [-0.4, -0.2) is 19.5 Å². The lowest BCUT2D eigenvalue weighted by atomic mass is 9.89. The number of carbonyl (C=O) groups is 1. The molecular weight excluding hydrogens is 386 g/mol. The fourth-order valence-corrected chi connectivity index (χ4v) is 5.11. The molecule has 2 N–H and O–H groups in total. The SMILES string of the molecule is Cc1cc(NS(=O)(=O)c2c(C(C)C)cc(C(C)C)cc2C(C)C)cc(C(=O)O)c1. The first kappa shape index (κ1) is 22.9. The second kappa shape index (κ2) is 8.57. The second-order valence-corrected chi connectivity index (χ2v) is 10.1. The molecule has 0 aliphatic carbocycles. The van der Waals surface area contributed by atoms with Crippen molar-refractivity contribution in [3.05, 3.63) is 58.1 Å². The molecule has 0 saturated carbocycles. The molecule has 0 aliphatic heterocycles. The lowest BCUT2D eigenvalue weighted by molar-refractivity contribution is 0.0697. The molecule has 5 nitrogen and oxygen atoms in total. The van der Waals surface area contributed by atoms with Crippen molar-refractivity contribution in [2.24, 2.45) is 0 Å². The first-order chi connectivity index (χ1) is 13.3. The summed E-state index contributed by atoms with van der Waals surface area (Å²) in [7, 11) is -3.91. The third-order valence-corrected chi connectivity index (χ3v) is 6.44. The summed E-state index contributed by atoms with van der Waals surface area (Å²) in [6.07, 6.45) is 0. The molecule has 0 spiro atoms. The van der Waals surface area contributed by atoms with Crippen LogP contribution in [0.25, 0.3) is 0 Å². The Morgan fingerprint density at radius 2 is 1.38 bits per heavy atom. The molecule has 0 bridgehead atoms. The highest BCUT2D eigenvalue weighted by molar-refractivity contribution is 7.92. The highest BCUT2D eigenvalue weighted by Crippen LogP contribution is 2.36. The number of rotatable bonds is 7. The maximum atomic E-state index is 13.5. The van der Waals surface area contributed by atoms with Crippen LogP contribution in [0.4, 0.5) is 5.69 Å². The molecule has 0 atom stereocenters. The molecule has 2 aromatic carbocycles. The van der Waals surface area contributed by atoms with Gasteiger partial charge in [0.25, 0.3) is 10.0 Å². The quantitative estimate of drug-likeness (QED) is 0.590. The number of aryl methyl sites for hydroxylation is 1. The van der Waals surface area contributed by atoms with Crippen molar-refractivity contribution in [2.45, 2.75) is 71.1 Å². The zero-order chi connectivity index (χ0) is 22.1. The topological polar surface area (TPSA) is 83.5 Å². The van der Waals surface area contributed by atoms with Crippen molar-refractivity contribution in [3.63, 3.8) is 0 Å². The molecule has 0 amide bonds. The molecule has 6 heteroatoms. The van der Waals surface area contributed by atoms with Gasteiger partial charge in [0.05, 0.1) is 10.5 Å². The Balaban J connectivity index is 2.70. The van der Waals surface area contributed by atoms with Crippen molar-refractivity contribution < 1.29 is 18.3 Å². The monoisotopic (exact) mass is 417 g/mol. The van der Waals surface area contributed by atoms with Crippen LogP contribution in [-0.2, 0) is 10.0 Å². The Labute approximate surface area is 174 Å². The third kappa shape index (κ3) is 5.18. The van der Waals surface area contributed by atoms with E-state index in [9.17, 15) is 18.3 Å². The van der Waals surface area contributed by atoms with Gasteiger partial charge in [0.1, 0.15) is 0 Å². The largest absolute Gasteiger partial charge is 0.478 e. The minimum Gasteiger partial charge on any atom is -0.478 e. The summed E-state index contributed by atoms with van der Waals surface area (Å²) >= 11 is 0. The average molecular weight is 418 g/mol. The van der Waals surface area contributed by atoms with Gasteiger partial charge in [-0.15, -0.1) is 0 Å². The summed E-state index contributed by atoms with van der Waals surface area (Å²) < 4.78 is 29.6. The first-order valence-corrected chi connectivity index (χ1v) is 11.4. The molecule has 158 valence electrons. The third-order valence-electron chi connectivity index (χ3n) is 4.92. The van der Waals surface area contributed by atoms with Crippen LogP contribution >= 0.6 is 0 Å². The molecule has 0 saturated heterocycles. The molecule has 0 aromatic heterocycles. The lowest BCUT2D eigenvalue weighted by Gasteiger charge is -2.23. The van der Waals surface area contributed by atoms with E-state index in [2.05, 4.69) is 18.6 Å². The maximum Gasteiger partial charge on any atom is 0.335 e. The Morgan fingerprint density at radius 1 is 0.862 bits per heavy atom. The van der Waals surface area contributed by atoms with Crippen LogP contribution < -0.4 is 4.72 Å². The van der Waals surface area contributed by atoms with Crippen molar-refractivity contribution >= 4 is 21.7 Å². The Hall–Kier alpha value is -2.34. The number of benzene rings is 2. The smallest absolute Gasteiger partial charge is 0.335 e. The number of aromatic carboxylic acids is 1. The summed E-state index contributed by atoms with van der Waals surface area (Å²) in [5.41, 5.74) is 3.63. The van der Waals surface area contributed by atoms with E-state index in [1.54, 1.807) is 13.0 Å². The maximum absolute atomic E-state index is 13.5. The van der Waals surface area contributed by atoms with Crippen molar-refractivity contribution in [1.82, 2.24) is 0 Å². The van der Waals surface area contributed by atoms with E-state index in [1.807, 2.05) is 39.8 Å². The molecule has 29 heavy (non-hydrogen) atoms. The lowest BCUT2D eigenvalue weighted by Crippen LogP contribution is -2.19. The molecule has 2 aromatic rings. The number of anilines is 1. The van der Waals surface area contributed by atoms with E-state index in [0.29, 0.717) is 10.5 Å². The van der Waals surface area contributed by atoms with Gasteiger partial charge in [0.2, 0.25) is 0 Å². The van der Waals surface area contributed by atoms with Gasteiger partial charge in [0.15, 0.2) is 0 Å². The Bertz CT molecular complexity index is 992. The van der Waals surface area contributed by atoms with Crippen LogP contribution in [0.2, 0.25) is 0 Å². The van der Waals surface area contributed by atoms with Gasteiger partial charge in [-0.1, -0.05) is 53.7 Å². The van der Waals surface area contributed by atoms with Gasteiger partial charge in [-0.25, -0.2) is 13.2 Å². The summed E-state index contributed by atoms with van der Waals surface area (Å²) in [6, 6.07) is 8.45. The molecular formula is C23H31NO4S. The zero-order valence-corrected chi connectivity index (χ0v) is 19.0. The van der Waals surface area contributed by atoms with E-state index in [0.717, 1.165) is 16.7 Å². The first-order valence-electron chi connectivity index (χ1n) is 9.89. The molecule has 0 radical (unpaired) electrons. The van der Waals surface area contributed by atoms with Crippen molar-refractivity contribution in [3.8, 4) is 0 Å². The second-order valence-electron chi connectivity index (χ2n) is 8.49. The number of hydrogen-bond acceptors (Lipinski definition) is 3. The minimum absolute atomic E-state index is 0.0184. The molecule has 0 aliphatic rings. The highest BCUT2D eigenvalue weighted by atomic mass is 32.2. The van der Waals surface area contributed by atoms with Gasteiger partial charge < -0.3 is 5.11 Å². The van der Waals surface area contributed by atoms with E-state index in [1.165, 1.54) is 12.1 Å². The summed E-state index contributed by atoms with van der Waals surface area (Å²) in [5.74, 6) is -0.777. The van der Waals surface area contributed by atoms with Crippen molar-refractivity contribution in [1.29, 1.82) is 0 Å². The molecule has 0 unspecified atom stereocenters. The van der Waals surface area contributed by atoms with Crippen LogP contribution in [0.5, 0.6) is 0 Å². The normalized spacial score (nSPS) is 12.1. The molecule has 0 heterocycles. The number of carboxylic acids is 1. The average Bonchev–Trinajstić information content (AvgIpc) is 2.59. The predicted octanol–water partition coefficient (Wildman–Crippen LogP) is 5.86. The van der Waals surface area contributed by atoms with Gasteiger partial charge >= 0.3 is 5.97 Å². The van der Waals surface area contributed by atoms with Gasteiger partial charge in [-0.05, 0) is 65.1 Å². The fourth-order valence-electron chi connectivity index (χ4n) is 3.37. The van der Waals surface area contributed by atoms with E-state index in [4.69, 9.17) is 0 Å². The van der Waals surface area contributed by atoms with E-state index >= 15 is 0 Å². The summed E-state index contributed by atoms with van der Waals surface area (Å²) in [5, 5.41) is 9.29. The van der Waals surface area contributed by atoms with Gasteiger partial charge in [-0.2, -0.15) is 0 Å². The van der Waals surface area contributed by atoms with Gasteiger partial charge in [-0.3, -0.25) is 4.72 Å². The number of hydrogen-bond donors (Lipinski definition) is 2. The van der Waals surface area contributed by atoms with Crippen LogP contribution in [0.15, 0.2) is 35.2 Å². The van der Waals surface area contributed by atoms with Crippen LogP contribution in [0.3, 0.4) is 0 Å². The predicted molar refractivity (Wildman–Crippen MR) is 118 cm³/mol. The Morgan fingerprint density at radius 3 is 1.79 bits per heavy atom. The number of nitrogens with one attached hydrogen (secondary N) is 1. The minimum atomic E-state index is -3.91. The highest BCUT2D eigenvalue weighted by Gasteiger charge is 2.27. The number of sulfonamides is 1. The van der Waals surface area contributed by atoms with Crippen molar-refractivity contribution in [2.75, 3.05) is 4.72 Å². The van der Waals surface area contributed by atoms with E-state index in [-0.39, 0.29) is 29.0 Å². The van der Waals surface area contributed by atoms with Crippen LogP contribution in [0.1, 0.15) is 91.9 Å². The molecule has 2 rings (SSSR count). The summed E-state index contributed by atoms with van der Waals surface area (Å²) in [4.78, 5) is 11.6. The van der Waals surface area contributed by atoms with E-state index < -0.39 is 16.0 Å². The number of carboxylic acid groups (broad SMARTS) is 1. The Kier molecular flexibility index (Phi) is 6.78. The fraction of sp³-hybridized carbons (Fsp3) is 0.435. The van der Waals surface area contributed by atoms with Gasteiger partial charge in [0, 0.05) is 5.69 Å².